The van der Waals surface area contributed by atoms with Crippen LogP contribution in [0.5, 0.6) is 0 Å². The summed E-state index contributed by atoms with van der Waals surface area (Å²) in [7, 11) is 0. The molecule has 2 amide bonds. The van der Waals surface area contributed by atoms with Gasteiger partial charge in [0, 0.05) is 18.0 Å². The second-order valence-corrected chi connectivity index (χ2v) is 8.47. The molecule has 3 N–H and O–H groups in total. The number of hydrogen-bond donors (Lipinski definition) is 3. The van der Waals surface area contributed by atoms with Crippen molar-refractivity contribution in [2.45, 2.75) is 38.1 Å². The predicted octanol–water partition coefficient (Wildman–Crippen LogP) is 4.96. The minimum Gasteiger partial charge on any atom is -0.480 e. The fraction of sp³-hybridized carbons (Fsp3) is 0.250. The summed E-state index contributed by atoms with van der Waals surface area (Å²) < 4.78 is 5.62. The number of amides is 2. The maximum atomic E-state index is 12.7. The largest absolute Gasteiger partial charge is 0.480 e. The lowest BCUT2D eigenvalue weighted by Gasteiger charge is -2.16. The second kappa shape index (κ2) is 10.9. The van der Waals surface area contributed by atoms with Gasteiger partial charge in [0.1, 0.15) is 12.6 Å². The van der Waals surface area contributed by atoms with Crippen LogP contribution < -0.4 is 10.6 Å². The van der Waals surface area contributed by atoms with Crippen molar-refractivity contribution in [1.82, 2.24) is 5.32 Å². The SMILES string of the molecule is CC[C@H](NC(=O)CCc1ccccc1NC(=O)OCC1c2ccccc2-c2ccccc21)C(=O)O. The molecule has 7 heteroatoms. The van der Waals surface area contributed by atoms with E-state index in [0.717, 1.165) is 27.8 Å². The zero-order chi connectivity index (χ0) is 24.8. The van der Waals surface area contributed by atoms with Gasteiger partial charge >= 0.3 is 12.1 Å². The highest BCUT2D eigenvalue weighted by Gasteiger charge is 2.29. The van der Waals surface area contributed by atoms with Crippen LogP contribution in [0.3, 0.4) is 0 Å². The number of nitrogens with one attached hydrogen (secondary N) is 2. The number of anilines is 1. The number of benzene rings is 3. The van der Waals surface area contributed by atoms with E-state index in [2.05, 4.69) is 34.9 Å². The molecule has 1 atom stereocenters. The Morgan fingerprint density at radius 2 is 1.51 bits per heavy atom. The van der Waals surface area contributed by atoms with Crippen molar-refractivity contribution in [3.05, 3.63) is 89.5 Å². The van der Waals surface area contributed by atoms with E-state index in [0.29, 0.717) is 18.5 Å². The summed E-state index contributed by atoms with van der Waals surface area (Å²) in [4.78, 5) is 36.0. The average Bonchev–Trinajstić information content (AvgIpc) is 3.19. The van der Waals surface area contributed by atoms with E-state index in [4.69, 9.17) is 9.84 Å². The van der Waals surface area contributed by atoms with Crippen LogP contribution in [0.2, 0.25) is 0 Å². The van der Waals surface area contributed by atoms with E-state index in [1.165, 1.54) is 0 Å². The Morgan fingerprint density at radius 3 is 2.14 bits per heavy atom. The van der Waals surface area contributed by atoms with Crippen LogP contribution in [0.15, 0.2) is 72.8 Å². The second-order valence-electron chi connectivity index (χ2n) is 8.47. The molecule has 4 rings (SSSR count). The van der Waals surface area contributed by atoms with Gasteiger partial charge in [-0.1, -0.05) is 73.7 Å². The highest BCUT2D eigenvalue weighted by molar-refractivity contribution is 5.87. The topological polar surface area (TPSA) is 105 Å². The zero-order valence-corrected chi connectivity index (χ0v) is 19.5. The molecule has 7 nitrogen and oxygen atoms in total. The summed E-state index contributed by atoms with van der Waals surface area (Å²) in [6.45, 7) is 1.91. The van der Waals surface area contributed by atoms with Gasteiger partial charge in [0.25, 0.3) is 0 Å². The Bertz CT molecular complexity index is 1190. The standard InChI is InChI=1S/C28H28N2O5/c1-2-24(27(32)33)29-26(31)16-15-18-9-3-8-14-25(18)30-28(34)35-17-23-21-12-6-4-10-19(21)20-11-5-7-13-22(20)23/h3-14,23-24H,2,15-17H2,1H3,(H,29,31)(H,30,34)(H,32,33)/t24-/m0/s1. The molecule has 1 aliphatic carbocycles. The van der Waals surface area contributed by atoms with Gasteiger partial charge < -0.3 is 15.2 Å². The fourth-order valence-corrected chi connectivity index (χ4v) is 4.46. The molecular formula is C28H28N2O5. The Hall–Kier alpha value is -4.13. The maximum Gasteiger partial charge on any atom is 0.411 e. The number of para-hydroxylation sites is 1. The van der Waals surface area contributed by atoms with E-state index in [1.54, 1.807) is 19.1 Å². The van der Waals surface area contributed by atoms with E-state index in [-0.39, 0.29) is 24.9 Å². The number of carbonyl (C=O) groups excluding carboxylic acids is 2. The van der Waals surface area contributed by atoms with E-state index in [9.17, 15) is 14.4 Å². The van der Waals surface area contributed by atoms with Gasteiger partial charge in [-0.2, -0.15) is 0 Å². The maximum absolute atomic E-state index is 12.7. The number of aliphatic carboxylic acids is 1. The Morgan fingerprint density at radius 1 is 0.914 bits per heavy atom. The van der Waals surface area contributed by atoms with Gasteiger partial charge in [-0.15, -0.1) is 0 Å². The van der Waals surface area contributed by atoms with Gasteiger partial charge in [-0.3, -0.25) is 10.1 Å². The van der Waals surface area contributed by atoms with Gasteiger partial charge in [0.15, 0.2) is 0 Å². The quantitative estimate of drug-likeness (QED) is 0.408. The van der Waals surface area contributed by atoms with Crippen LogP contribution in [0.1, 0.15) is 42.4 Å². The minimum atomic E-state index is -1.06. The first-order chi connectivity index (χ1) is 17.0. The number of hydrogen-bond acceptors (Lipinski definition) is 4. The molecule has 3 aromatic carbocycles. The molecule has 0 saturated heterocycles. The van der Waals surface area contributed by atoms with E-state index < -0.39 is 18.1 Å². The molecule has 35 heavy (non-hydrogen) atoms. The Kier molecular flexibility index (Phi) is 7.45. The molecule has 0 aromatic heterocycles. The lowest BCUT2D eigenvalue weighted by atomic mass is 9.98. The molecule has 0 fully saturated rings. The van der Waals surface area contributed by atoms with Gasteiger partial charge in [-0.05, 0) is 46.7 Å². The molecule has 0 heterocycles. The molecule has 3 aromatic rings. The van der Waals surface area contributed by atoms with Crippen LogP contribution >= 0.6 is 0 Å². The van der Waals surface area contributed by atoms with Crippen molar-refractivity contribution in [3.8, 4) is 11.1 Å². The van der Waals surface area contributed by atoms with Crippen molar-refractivity contribution in [1.29, 1.82) is 0 Å². The zero-order valence-electron chi connectivity index (χ0n) is 19.5. The Labute approximate surface area is 204 Å². The fourth-order valence-electron chi connectivity index (χ4n) is 4.46. The van der Waals surface area contributed by atoms with Crippen molar-refractivity contribution in [3.63, 3.8) is 0 Å². The normalized spacial score (nSPS) is 12.8. The number of carboxylic acids is 1. The molecule has 0 unspecified atom stereocenters. The van der Waals surface area contributed by atoms with Crippen LogP contribution in [0, 0.1) is 0 Å². The van der Waals surface area contributed by atoms with Gasteiger partial charge in [-0.25, -0.2) is 9.59 Å². The number of carbonyl (C=O) groups is 3. The van der Waals surface area contributed by atoms with Crippen LogP contribution in [-0.2, 0) is 20.7 Å². The molecule has 1 aliphatic rings. The third-order valence-corrected chi connectivity index (χ3v) is 6.26. The highest BCUT2D eigenvalue weighted by atomic mass is 16.5. The third-order valence-electron chi connectivity index (χ3n) is 6.26. The summed E-state index contributed by atoms with van der Waals surface area (Å²) in [5.74, 6) is -1.44. The molecule has 0 radical (unpaired) electrons. The average molecular weight is 473 g/mol. The Balaban J connectivity index is 1.37. The molecule has 0 aliphatic heterocycles. The number of fused-ring (bicyclic) bond motifs is 3. The number of aryl methyl sites for hydroxylation is 1. The van der Waals surface area contributed by atoms with Crippen molar-refractivity contribution < 1.29 is 24.2 Å². The number of rotatable bonds is 9. The summed E-state index contributed by atoms with van der Waals surface area (Å²) in [5, 5.41) is 14.4. The molecule has 0 spiro atoms. The number of carboxylic acid groups (broad SMARTS) is 1. The first-order valence-corrected chi connectivity index (χ1v) is 11.7. The summed E-state index contributed by atoms with van der Waals surface area (Å²) in [5.41, 5.74) is 5.92. The summed E-state index contributed by atoms with van der Waals surface area (Å²) in [6.07, 6.45) is 0.191. The summed E-state index contributed by atoms with van der Waals surface area (Å²) >= 11 is 0. The smallest absolute Gasteiger partial charge is 0.411 e. The van der Waals surface area contributed by atoms with Gasteiger partial charge in [0.2, 0.25) is 5.91 Å². The van der Waals surface area contributed by atoms with Crippen molar-refractivity contribution in [2.24, 2.45) is 0 Å². The van der Waals surface area contributed by atoms with Crippen molar-refractivity contribution >= 4 is 23.7 Å². The van der Waals surface area contributed by atoms with Crippen LogP contribution in [0.4, 0.5) is 10.5 Å². The molecule has 0 bridgehead atoms. The highest BCUT2D eigenvalue weighted by Crippen LogP contribution is 2.44. The first-order valence-electron chi connectivity index (χ1n) is 11.7. The molecule has 0 saturated carbocycles. The summed E-state index contributed by atoms with van der Waals surface area (Å²) in [6, 6.07) is 22.6. The molecular weight excluding hydrogens is 444 g/mol. The van der Waals surface area contributed by atoms with E-state index in [1.807, 2.05) is 36.4 Å². The monoisotopic (exact) mass is 472 g/mol. The third kappa shape index (κ3) is 5.51. The number of ether oxygens (including phenoxy) is 1. The lowest BCUT2D eigenvalue weighted by Crippen LogP contribution is -2.40. The predicted molar refractivity (Wildman–Crippen MR) is 133 cm³/mol. The van der Waals surface area contributed by atoms with Gasteiger partial charge in [0.05, 0.1) is 0 Å². The lowest BCUT2D eigenvalue weighted by molar-refractivity contribution is -0.141. The van der Waals surface area contributed by atoms with Crippen LogP contribution in [-0.4, -0.2) is 35.7 Å². The molecule has 180 valence electrons. The minimum absolute atomic E-state index is 0.0344. The van der Waals surface area contributed by atoms with Crippen LogP contribution in [0.25, 0.3) is 11.1 Å². The first kappa shape index (κ1) is 24.0. The van der Waals surface area contributed by atoms with Crippen molar-refractivity contribution in [2.75, 3.05) is 11.9 Å². The van der Waals surface area contributed by atoms with E-state index >= 15 is 0 Å².